The summed E-state index contributed by atoms with van der Waals surface area (Å²) in [5.74, 6) is 0. The molecular formula is C13H27IO2. The highest BCUT2D eigenvalue weighted by Gasteiger charge is 2.47. The van der Waals surface area contributed by atoms with E-state index in [1.165, 1.54) is 12.8 Å². The predicted octanol–water partition coefficient (Wildman–Crippen LogP) is 4.75. The van der Waals surface area contributed by atoms with Crippen molar-refractivity contribution in [3.8, 4) is 0 Å². The zero-order valence-corrected chi connectivity index (χ0v) is 13.6. The number of hydrogen-bond acceptors (Lipinski definition) is 2. The second-order valence-electron chi connectivity index (χ2n) is 4.46. The maximum Gasteiger partial charge on any atom is 0.226 e. The topological polar surface area (TPSA) is 18.5 Å². The minimum absolute atomic E-state index is 0.100. The lowest BCUT2D eigenvalue weighted by Crippen LogP contribution is -2.46. The summed E-state index contributed by atoms with van der Waals surface area (Å²) in [4.78, 5) is 0. The van der Waals surface area contributed by atoms with Crippen molar-refractivity contribution < 1.29 is 9.47 Å². The van der Waals surface area contributed by atoms with Gasteiger partial charge >= 0.3 is 0 Å². The lowest BCUT2D eigenvalue weighted by molar-refractivity contribution is -0.218. The first-order chi connectivity index (χ1) is 7.49. The number of hydrogen-bond donors (Lipinski definition) is 0. The standard InChI is InChI=1S/C13H27IO2/c1-6-10-12(5,11-7-2)13(14,15-8-3)16-9-4/h6-11H2,1-5H3. The molecule has 16 heavy (non-hydrogen) atoms. The molecule has 0 saturated carbocycles. The van der Waals surface area contributed by atoms with Crippen LogP contribution >= 0.6 is 22.6 Å². The average Bonchev–Trinajstić information content (AvgIpc) is 2.19. The van der Waals surface area contributed by atoms with Gasteiger partial charge in [-0.25, -0.2) is 0 Å². The largest absolute Gasteiger partial charge is 0.342 e. The van der Waals surface area contributed by atoms with Crippen molar-refractivity contribution in [1.82, 2.24) is 0 Å². The van der Waals surface area contributed by atoms with Gasteiger partial charge in [-0.1, -0.05) is 33.6 Å². The molecule has 0 aromatic heterocycles. The first-order valence-corrected chi connectivity index (χ1v) is 7.54. The Hall–Kier alpha value is 0.650. The van der Waals surface area contributed by atoms with E-state index in [-0.39, 0.29) is 5.41 Å². The Morgan fingerprint density at radius 3 is 1.50 bits per heavy atom. The average molecular weight is 342 g/mol. The summed E-state index contributed by atoms with van der Waals surface area (Å²) in [7, 11) is 0. The smallest absolute Gasteiger partial charge is 0.226 e. The summed E-state index contributed by atoms with van der Waals surface area (Å²) in [5, 5.41) is 0. The van der Waals surface area contributed by atoms with Crippen molar-refractivity contribution in [2.75, 3.05) is 13.2 Å². The molecule has 98 valence electrons. The molecular weight excluding hydrogens is 315 g/mol. The van der Waals surface area contributed by atoms with Crippen LogP contribution in [0.25, 0.3) is 0 Å². The Morgan fingerprint density at radius 1 is 0.875 bits per heavy atom. The zero-order chi connectivity index (χ0) is 12.7. The SMILES string of the molecule is CCCC(C)(CCC)C(I)(OCC)OCC. The molecule has 0 amide bonds. The molecule has 0 aliphatic carbocycles. The van der Waals surface area contributed by atoms with E-state index in [0.29, 0.717) is 13.2 Å². The first kappa shape index (κ1) is 16.6. The maximum atomic E-state index is 5.90. The molecule has 0 heterocycles. The van der Waals surface area contributed by atoms with E-state index in [1.54, 1.807) is 0 Å². The molecule has 0 bridgehead atoms. The summed E-state index contributed by atoms with van der Waals surface area (Å²) in [6, 6.07) is 0. The summed E-state index contributed by atoms with van der Waals surface area (Å²) in [6.45, 7) is 12.2. The number of halogens is 1. The van der Waals surface area contributed by atoms with E-state index >= 15 is 0 Å². The summed E-state index contributed by atoms with van der Waals surface area (Å²) < 4.78 is 11.3. The number of rotatable bonds is 9. The van der Waals surface area contributed by atoms with Crippen LogP contribution in [0.5, 0.6) is 0 Å². The molecule has 2 nitrogen and oxygen atoms in total. The van der Waals surface area contributed by atoms with Crippen LogP contribution in [0, 0.1) is 5.41 Å². The van der Waals surface area contributed by atoms with E-state index in [0.717, 1.165) is 12.8 Å². The van der Waals surface area contributed by atoms with Gasteiger partial charge in [0.1, 0.15) is 0 Å². The molecule has 0 N–H and O–H groups in total. The second kappa shape index (κ2) is 7.88. The van der Waals surface area contributed by atoms with Crippen LogP contribution < -0.4 is 0 Å². The van der Waals surface area contributed by atoms with Crippen molar-refractivity contribution in [3.63, 3.8) is 0 Å². The van der Waals surface area contributed by atoms with Crippen LogP contribution in [0.15, 0.2) is 0 Å². The molecule has 0 atom stereocenters. The van der Waals surface area contributed by atoms with Crippen LogP contribution in [0.2, 0.25) is 0 Å². The van der Waals surface area contributed by atoms with Crippen molar-refractivity contribution >= 4 is 22.6 Å². The molecule has 0 unspecified atom stereocenters. The second-order valence-corrected chi connectivity index (χ2v) is 5.88. The fourth-order valence-corrected chi connectivity index (χ4v) is 3.45. The Bertz CT molecular complexity index is 151. The predicted molar refractivity (Wildman–Crippen MR) is 77.9 cm³/mol. The normalized spacial score (nSPS) is 13.1. The summed E-state index contributed by atoms with van der Waals surface area (Å²) >= 11 is 2.36. The first-order valence-electron chi connectivity index (χ1n) is 6.46. The van der Waals surface area contributed by atoms with Gasteiger partial charge in [-0.3, -0.25) is 0 Å². The van der Waals surface area contributed by atoms with Crippen LogP contribution in [0.1, 0.15) is 60.3 Å². The highest BCUT2D eigenvalue weighted by molar-refractivity contribution is 14.1. The molecule has 0 aromatic rings. The lowest BCUT2D eigenvalue weighted by atomic mass is 9.80. The fraction of sp³-hybridized carbons (Fsp3) is 1.00. The third-order valence-corrected chi connectivity index (χ3v) is 4.91. The quantitative estimate of drug-likeness (QED) is 0.342. The monoisotopic (exact) mass is 342 g/mol. The van der Waals surface area contributed by atoms with E-state index in [9.17, 15) is 0 Å². The van der Waals surface area contributed by atoms with Gasteiger partial charge in [-0.05, 0) is 49.3 Å². The van der Waals surface area contributed by atoms with Crippen molar-refractivity contribution in [2.24, 2.45) is 5.41 Å². The minimum Gasteiger partial charge on any atom is -0.342 e. The molecule has 3 heteroatoms. The third kappa shape index (κ3) is 4.15. The van der Waals surface area contributed by atoms with Crippen LogP contribution in [0.3, 0.4) is 0 Å². The van der Waals surface area contributed by atoms with Gasteiger partial charge in [-0.15, -0.1) is 0 Å². The van der Waals surface area contributed by atoms with E-state index in [1.807, 2.05) is 13.8 Å². The molecule has 0 aliphatic heterocycles. The Balaban J connectivity index is 4.90. The molecule has 0 aliphatic rings. The van der Waals surface area contributed by atoms with Gasteiger partial charge in [0.2, 0.25) is 3.79 Å². The third-order valence-electron chi connectivity index (χ3n) is 2.98. The fourth-order valence-electron chi connectivity index (χ4n) is 2.29. The molecule has 0 aromatic carbocycles. The van der Waals surface area contributed by atoms with Crippen molar-refractivity contribution in [3.05, 3.63) is 0 Å². The van der Waals surface area contributed by atoms with Crippen LogP contribution in [-0.2, 0) is 9.47 Å². The van der Waals surface area contributed by atoms with Gasteiger partial charge in [0.15, 0.2) is 0 Å². The van der Waals surface area contributed by atoms with Crippen LogP contribution in [0.4, 0.5) is 0 Å². The highest BCUT2D eigenvalue weighted by atomic mass is 127. The van der Waals surface area contributed by atoms with Crippen molar-refractivity contribution in [2.45, 2.75) is 64.1 Å². The summed E-state index contributed by atoms with van der Waals surface area (Å²) in [6.07, 6.45) is 4.62. The lowest BCUT2D eigenvalue weighted by Gasteiger charge is -2.44. The number of alkyl halides is 1. The molecule has 0 spiro atoms. The molecule has 0 radical (unpaired) electrons. The Labute approximate surface area is 115 Å². The summed E-state index contributed by atoms with van der Waals surface area (Å²) in [5.41, 5.74) is 0.100. The van der Waals surface area contributed by atoms with Gasteiger partial charge in [0.25, 0.3) is 0 Å². The maximum absolute atomic E-state index is 5.90. The van der Waals surface area contributed by atoms with Gasteiger partial charge in [0, 0.05) is 18.6 Å². The Morgan fingerprint density at radius 2 is 1.25 bits per heavy atom. The molecule has 0 fully saturated rings. The van der Waals surface area contributed by atoms with E-state index in [2.05, 4.69) is 43.4 Å². The van der Waals surface area contributed by atoms with Gasteiger partial charge in [0.05, 0.1) is 0 Å². The minimum atomic E-state index is -0.472. The molecule has 0 rings (SSSR count). The van der Waals surface area contributed by atoms with Crippen molar-refractivity contribution in [1.29, 1.82) is 0 Å². The van der Waals surface area contributed by atoms with E-state index < -0.39 is 3.79 Å². The zero-order valence-electron chi connectivity index (χ0n) is 11.4. The number of ether oxygens (including phenoxy) is 2. The Kier molecular flexibility index (Phi) is 8.20. The van der Waals surface area contributed by atoms with Crippen LogP contribution in [-0.4, -0.2) is 17.0 Å². The van der Waals surface area contributed by atoms with Gasteiger partial charge in [-0.2, -0.15) is 0 Å². The highest BCUT2D eigenvalue weighted by Crippen LogP contribution is 2.48. The van der Waals surface area contributed by atoms with E-state index in [4.69, 9.17) is 9.47 Å². The molecule has 0 saturated heterocycles. The van der Waals surface area contributed by atoms with Gasteiger partial charge < -0.3 is 9.47 Å².